The monoisotopic (exact) mass is 306 g/mol. The number of hydrogen-bond donors (Lipinski definition) is 2. The first-order valence-corrected chi connectivity index (χ1v) is 6.51. The fourth-order valence-electron chi connectivity index (χ4n) is 1.84. The van der Waals surface area contributed by atoms with Crippen LogP contribution in [0.4, 0.5) is 11.4 Å². The van der Waals surface area contributed by atoms with Gasteiger partial charge in [0.15, 0.2) is 0 Å². The van der Waals surface area contributed by atoms with E-state index in [1.54, 1.807) is 36.4 Å². The molecule has 0 heterocycles. The highest BCUT2D eigenvalue weighted by atomic mass is 35.5. The van der Waals surface area contributed by atoms with E-state index >= 15 is 0 Å². The largest absolute Gasteiger partial charge is 0.496 e. The van der Waals surface area contributed by atoms with Crippen molar-refractivity contribution in [2.75, 3.05) is 25.3 Å². The molecule has 21 heavy (non-hydrogen) atoms. The zero-order valence-corrected chi connectivity index (χ0v) is 12.4. The summed E-state index contributed by atoms with van der Waals surface area (Å²) in [6.07, 6.45) is 0. The molecule has 5 nitrogen and oxygen atoms in total. The van der Waals surface area contributed by atoms with Crippen molar-refractivity contribution in [3.8, 4) is 11.5 Å². The summed E-state index contributed by atoms with van der Waals surface area (Å²) in [7, 11) is 3.01. The summed E-state index contributed by atoms with van der Waals surface area (Å²) >= 11 is 6.02. The Bertz CT molecular complexity index is 674. The molecule has 0 aliphatic heterocycles. The van der Waals surface area contributed by atoms with E-state index in [9.17, 15) is 4.79 Å². The molecular weight excluding hydrogens is 292 g/mol. The Morgan fingerprint density at radius 1 is 1.10 bits per heavy atom. The average molecular weight is 307 g/mol. The third-order valence-electron chi connectivity index (χ3n) is 2.88. The fourth-order valence-corrected chi connectivity index (χ4v) is 2.10. The van der Waals surface area contributed by atoms with Crippen LogP contribution < -0.4 is 20.5 Å². The summed E-state index contributed by atoms with van der Waals surface area (Å²) in [5.41, 5.74) is 7.14. The van der Waals surface area contributed by atoms with E-state index in [0.29, 0.717) is 33.5 Å². The molecule has 0 spiro atoms. The first-order valence-electron chi connectivity index (χ1n) is 6.13. The Hall–Kier alpha value is -2.40. The van der Waals surface area contributed by atoms with Gasteiger partial charge in [-0.05, 0) is 30.3 Å². The summed E-state index contributed by atoms with van der Waals surface area (Å²) in [5.74, 6) is 0.639. The average Bonchev–Trinajstić information content (AvgIpc) is 2.47. The second-order valence-electron chi connectivity index (χ2n) is 4.26. The number of anilines is 2. The Kier molecular flexibility index (Phi) is 4.55. The number of nitrogens with two attached hydrogens (primary N) is 1. The number of methoxy groups -OCH3 is 2. The second-order valence-corrected chi connectivity index (χ2v) is 4.67. The van der Waals surface area contributed by atoms with Gasteiger partial charge >= 0.3 is 0 Å². The summed E-state index contributed by atoms with van der Waals surface area (Å²) in [6, 6.07) is 9.83. The number of carbonyl (C=O) groups excluding carboxylic acids is 1. The lowest BCUT2D eigenvalue weighted by atomic mass is 10.1. The molecule has 2 aromatic rings. The molecule has 0 aliphatic rings. The van der Waals surface area contributed by atoms with Crippen molar-refractivity contribution in [1.82, 2.24) is 0 Å². The third-order valence-corrected chi connectivity index (χ3v) is 3.18. The molecule has 0 saturated carbocycles. The van der Waals surface area contributed by atoms with Gasteiger partial charge in [-0.15, -0.1) is 0 Å². The SMILES string of the molecule is COc1ccc(NC(=O)c2ccc(N)cc2OC)cc1Cl. The number of ether oxygens (including phenoxy) is 2. The molecule has 0 atom stereocenters. The van der Waals surface area contributed by atoms with Crippen LogP contribution in [-0.4, -0.2) is 20.1 Å². The molecule has 0 radical (unpaired) electrons. The van der Waals surface area contributed by atoms with Gasteiger partial charge in [-0.3, -0.25) is 4.79 Å². The molecular formula is C15H15ClN2O3. The zero-order chi connectivity index (χ0) is 15.4. The number of halogens is 1. The lowest BCUT2D eigenvalue weighted by Gasteiger charge is -2.11. The van der Waals surface area contributed by atoms with Gasteiger partial charge in [0.2, 0.25) is 0 Å². The van der Waals surface area contributed by atoms with Crippen LogP contribution in [0.1, 0.15) is 10.4 Å². The lowest BCUT2D eigenvalue weighted by Crippen LogP contribution is -2.13. The predicted octanol–water partition coefficient (Wildman–Crippen LogP) is 3.19. The summed E-state index contributed by atoms with van der Waals surface area (Å²) in [5, 5.41) is 3.16. The number of nitrogen functional groups attached to an aromatic ring is 1. The first kappa shape index (κ1) is 15.0. The maximum absolute atomic E-state index is 12.3. The van der Waals surface area contributed by atoms with E-state index in [4.69, 9.17) is 26.8 Å². The van der Waals surface area contributed by atoms with Crippen molar-refractivity contribution in [2.24, 2.45) is 0 Å². The number of carbonyl (C=O) groups is 1. The van der Waals surface area contributed by atoms with Gasteiger partial charge in [0.25, 0.3) is 5.91 Å². The van der Waals surface area contributed by atoms with E-state index in [2.05, 4.69) is 5.32 Å². The van der Waals surface area contributed by atoms with Crippen LogP contribution in [0.2, 0.25) is 5.02 Å². The van der Waals surface area contributed by atoms with Crippen molar-refractivity contribution in [1.29, 1.82) is 0 Å². The normalized spacial score (nSPS) is 10.0. The van der Waals surface area contributed by atoms with E-state index in [-0.39, 0.29) is 5.91 Å². The Morgan fingerprint density at radius 2 is 1.81 bits per heavy atom. The molecule has 2 rings (SSSR count). The molecule has 0 bridgehead atoms. The van der Waals surface area contributed by atoms with Gasteiger partial charge in [-0.1, -0.05) is 11.6 Å². The standard InChI is InChI=1S/C15H15ClN2O3/c1-20-13-6-4-10(8-12(13)16)18-15(19)11-5-3-9(17)7-14(11)21-2/h3-8H,17H2,1-2H3,(H,18,19). The minimum absolute atomic E-state index is 0.312. The van der Waals surface area contributed by atoms with E-state index in [1.807, 2.05) is 0 Å². The molecule has 0 aliphatic carbocycles. The maximum Gasteiger partial charge on any atom is 0.259 e. The van der Waals surface area contributed by atoms with Crippen molar-refractivity contribution >= 4 is 28.9 Å². The van der Waals surface area contributed by atoms with E-state index in [0.717, 1.165) is 0 Å². The number of benzene rings is 2. The van der Waals surface area contributed by atoms with Crippen LogP contribution in [0.3, 0.4) is 0 Å². The third kappa shape index (κ3) is 3.38. The van der Waals surface area contributed by atoms with Gasteiger partial charge in [-0.25, -0.2) is 0 Å². The molecule has 0 fully saturated rings. The minimum atomic E-state index is -0.312. The van der Waals surface area contributed by atoms with E-state index < -0.39 is 0 Å². The van der Waals surface area contributed by atoms with Gasteiger partial charge in [0, 0.05) is 17.4 Å². The molecule has 0 saturated heterocycles. The highest BCUT2D eigenvalue weighted by molar-refractivity contribution is 6.32. The Morgan fingerprint density at radius 3 is 2.43 bits per heavy atom. The predicted molar refractivity (Wildman–Crippen MR) is 83.4 cm³/mol. The van der Waals surface area contributed by atoms with Crippen LogP contribution >= 0.6 is 11.6 Å². The summed E-state index contributed by atoms with van der Waals surface area (Å²) < 4.78 is 10.2. The Balaban J connectivity index is 2.24. The number of nitrogens with one attached hydrogen (secondary N) is 1. The highest BCUT2D eigenvalue weighted by Crippen LogP contribution is 2.28. The van der Waals surface area contributed by atoms with Gasteiger partial charge in [0.1, 0.15) is 11.5 Å². The highest BCUT2D eigenvalue weighted by Gasteiger charge is 2.13. The van der Waals surface area contributed by atoms with Crippen molar-refractivity contribution < 1.29 is 14.3 Å². The van der Waals surface area contributed by atoms with Crippen LogP contribution in [0.25, 0.3) is 0 Å². The van der Waals surface area contributed by atoms with Crippen LogP contribution in [0.5, 0.6) is 11.5 Å². The molecule has 0 aromatic heterocycles. The zero-order valence-electron chi connectivity index (χ0n) is 11.6. The van der Waals surface area contributed by atoms with Gasteiger partial charge in [0.05, 0.1) is 24.8 Å². The maximum atomic E-state index is 12.3. The summed E-state index contributed by atoms with van der Waals surface area (Å²) in [4.78, 5) is 12.3. The molecule has 2 aromatic carbocycles. The fraction of sp³-hybridized carbons (Fsp3) is 0.133. The first-order chi connectivity index (χ1) is 10.0. The lowest BCUT2D eigenvalue weighted by molar-refractivity contribution is 0.102. The molecule has 0 unspecified atom stereocenters. The quantitative estimate of drug-likeness (QED) is 0.851. The Labute approximate surface area is 127 Å². The summed E-state index contributed by atoms with van der Waals surface area (Å²) in [6.45, 7) is 0. The minimum Gasteiger partial charge on any atom is -0.496 e. The molecule has 3 N–H and O–H groups in total. The van der Waals surface area contributed by atoms with Gasteiger partial charge < -0.3 is 20.5 Å². The number of amides is 1. The smallest absolute Gasteiger partial charge is 0.259 e. The van der Waals surface area contributed by atoms with Crippen LogP contribution in [0, 0.1) is 0 Å². The second kappa shape index (κ2) is 6.37. The topological polar surface area (TPSA) is 73.6 Å². The number of hydrogen-bond acceptors (Lipinski definition) is 4. The van der Waals surface area contributed by atoms with Crippen molar-refractivity contribution in [3.05, 3.63) is 47.0 Å². The van der Waals surface area contributed by atoms with Crippen LogP contribution in [-0.2, 0) is 0 Å². The van der Waals surface area contributed by atoms with Crippen molar-refractivity contribution in [3.63, 3.8) is 0 Å². The molecule has 110 valence electrons. The van der Waals surface area contributed by atoms with Gasteiger partial charge in [-0.2, -0.15) is 0 Å². The van der Waals surface area contributed by atoms with E-state index in [1.165, 1.54) is 14.2 Å². The van der Waals surface area contributed by atoms with Crippen LogP contribution in [0.15, 0.2) is 36.4 Å². The molecule has 6 heteroatoms. The molecule has 1 amide bonds. The number of rotatable bonds is 4. The van der Waals surface area contributed by atoms with Crippen molar-refractivity contribution in [2.45, 2.75) is 0 Å².